The number of rotatable bonds is 5. The Hall–Kier alpha value is -1.72. The highest BCUT2D eigenvalue weighted by molar-refractivity contribution is 7.10. The van der Waals surface area contributed by atoms with Gasteiger partial charge in [-0.15, -0.1) is 11.3 Å². The predicted octanol–water partition coefficient (Wildman–Crippen LogP) is 3.60. The molecule has 0 saturated carbocycles. The number of carbonyl (C=O) groups is 1. The molecule has 0 bridgehead atoms. The zero-order valence-corrected chi connectivity index (χ0v) is 12.7. The minimum atomic E-state index is -0.116. The molecule has 0 radical (unpaired) electrons. The van der Waals surface area contributed by atoms with E-state index < -0.39 is 0 Å². The van der Waals surface area contributed by atoms with Crippen molar-refractivity contribution >= 4 is 34.5 Å². The molecule has 6 heteroatoms. The summed E-state index contributed by atoms with van der Waals surface area (Å²) in [4.78, 5) is 13.0. The van der Waals surface area contributed by atoms with E-state index in [2.05, 4.69) is 5.32 Å². The van der Waals surface area contributed by atoms with Crippen LogP contribution in [-0.4, -0.2) is 20.1 Å². The Morgan fingerprint density at radius 1 is 1.30 bits per heavy atom. The van der Waals surface area contributed by atoms with Crippen LogP contribution < -0.4 is 14.8 Å². The van der Waals surface area contributed by atoms with Gasteiger partial charge in [0, 0.05) is 17.0 Å². The Morgan fingerprint density at radius 2 is 2.05 bits per heavy atom. The minimum Gasteiger partial charge on any atom is -0.495 e. The molecule has 0 saturated heterocycles. The number of ether oxygens (including phenoxy) is 2. The minimum absolute atomic E-state index is 0.116. The predicted molar refractivity (Wildman–Crippen MR) is 81.2 cm³/mol. The summed E-state index contributed by atoms with van der Waals surface area (Å²) < 4.78 is 10.3. The van der Waals surface area contributed by atoms with Gasteiger partial charge in [0.15, 0.2) is 0 Å². The molecule has 0 spiro atoms. The van der Waals surface area contributed by atoms with E-state index in [-0.39, 0.29) is 5.91 Å². The molecule has 1 N–H and O–H groups in total. The number of carbonyl (C=O) groups excluding carboxylic acids is 1. The number of hydrogen-bond donors (Lipinski definition) is 1. The van der Waals surface area contributed by atoms with Gasteiger partial charge in [0.2, 0.25) is 5.91 Å². The lowest BCUT2D eigenvalue weighted by Crippen LogP contribution is -2.14. The third kappa shape index (κ3) is 3.43. The number of benzene rings is 1. The first kappa shape index (κ1) is 14.7. The highest BCUT2D eigenvalue weighted by Crippen LogP contribution is 2.35. The lowest BCUT2D eigenvalue weighted by molar-refractivity contribution is -0.115. The van der Waals surface area contributed by atoms with Gasteiger partial charge in [-0.1, -0.05) is 17.7 Å². The average Bonchev–Trinajstić information content (AvgIpc) is 2.92. The molecule has 2 aromatic rings. The second-order valence-corrected chi connectivity index (χ2v) is 5.43. The Labute approximate surface area is 126 Å². The number of anilines is 1. The SMILES string of the molecule is COc1cc(NC(=O)Cc2cccs2)c(OC)cc1Cl. The Balaban J connectivity index is 2.17. The molecule has 4 nitrogen and oxygen atoms in total. The summed E-state index contributed by atoms with van der Waals surface area (Å²) in [7, 11) is 3.04. The largest absolute Gasteiger partial charge is 0.495 e. The fourth-order valence-corrected chi connectivity index (χ4v) is 2.66. The monoisotopic (exact) mass is 311 g/mol. The van der Waals surface area contributed by atoms with E-state index in [4.69, 9.17) is 21.1 Å². The second-order valence-electron chi connectivity index (χ2n) is 3.99. The first-order chi connectivity index (χ1) is 9.63. The van der Waals surface area contributed by atoms with Crippen molar-refractivity contribution in [3.63, 3.8) is 0 Å². The van der Waals surface area contributed by atoms with E-state index in [1.807, 2.05) is 17.5 Å². The maximum Gasteiger partial charge on any atom is 0.229 e. The van der Waals surface area contributed by atoms with Crippen LogP contribution in [0.3, 0.4) is 0 Å². The summed E-state index contributed by atoms with van der Waals surface area (Å²) in [6.45, 7) is 0. The van der Waals surface area contributed by atoms with Crippen LogP contribution in [0, 0.1) is 0 Å². The van der Waals surface area contributed by atoms with Crippen LogP contribution in [0.4, 0.5) is 5.69 Å². The Bertz CT molecular complexity index is 599. The number of halogens is 1. The van der Waals surface area contributed by atoms with Gasteiger partial charge >= 0.3 is 0 Å². The van der Waals surface area contributed by atoms with Crippen molar-refractivity contribution in [2.24, 2.45) is 0 Å². The fraction of sp³-hybridized carbons (Fsp3) is 0.214. The highest BCUT2D eigenvalue weighted by atomic mass is 35.5. The number of amides is 1. The van der Waals surface area contributed by atoms with Crippen molar-refractivity contribution in [2.45, 2.75) is 6.42 Å². The highest BCUT2D eigenvalue weighted by Gasteiger charge is 2.13. The molecule has 1 aromatic carbocycles. The van der Waals surface area contributed by atoms with E-state index in [9.17, 15) is 4.79 Å². The molecular weight excluding hydrogens is 298 g/mol. The van der Waals surface area contributed by atoms with Gasteiger partial charge in [0.25, 0.3) is 0 Å². The molecule has 0 aliphatic rings. The summed E-state index contributed by atoms with van der Waals surface area (Å²) in [6, 6.07) is 7.09. The summed E-state index contributed by atoms with van der Waals surface area (Å²) in [5.74, 6) is 0.865. The fourth-order valence-electron chi connectivity index (χ4n) is 1.72. The number of thiophene rings is 1. The van der Waals surface area contributed by atoms with Gasteiger partial charge in [-0.3, -0.25) is 4.79 Å². The Morgan fingerprint density at radius 3 is 2.65 bits per heavy atom. The van der Waals surface area contributed by atoms with Crippen molar-refractivity contribution in [2.75, 3.05) is 19.5 Å². The maximum absolute atomic E-state index is 12.0. The van der Waals surface area contributed by atoms with Crippen molar-refractivity contribution < 1.29 is 14.3 Å². The zero-order valence-electron chi connectivity index (χ0n) is 11.1. The number of methoxy groups -OCH3 is 2. The maximum atomic E-state index is 12.0. The van der Waals surface area contributed by atoms with E-state index in [0.717, 1.165) is 4.88 Å². The summed E-state index contributed by atoms with van der Waals surface area (Å²) >= 11 is 7.56. The van der Waals surface area contributed by atoms with Crippen LogP contribution in [0.5, 0.6) is 11.5 Å². The molecule has 1 amide bonds. The van der Waals surface area contributed by atoms with Crippen molar-refractivity contribution in [1.29, 1.82) is 0 Å². The first-order valence-corrected chi connectivity index (χ1v) is 7.13. The summed E-state index contributed by atoms with van der Waals surface area (Å²) in [5, 5.41) is 5.18. The van der Waals surface area contributed by atoms with Crippen molar-refractivity contribution in [1.82, 2.24) is 0 Å². The molecule has 106 valence electrons. The quantitative estimate of drug-likeness (QED) is 0.917. The van der Waals surface area contributed by atoms with Crippen LogP contribution in [0.15, 0.2) is 29.6 Å². The smallest absolute Gasteiger partial charge is 0.229 e. The Kier molecular flexibility index (Phi) is 4.87. The average molecular weight is 312 g/mol. The number of nitrogens with one attached hydrogen (secondary N) is 1. The van der Waals surface area contributed by atoms with Gasteiger partial charge in [-0.25, -0.2) is 0 Å². The second kappa shape index (κ2) is 6.63. The van der Waals surface area contributed by atoms with Gasteiger partial charge in [-0.05, 0) is 11.4 Å². The van der Waals surface area contributed by atoms with Crippen LogP contribution in [0.2, 0.25) is 5.02 Å². The third-order valence-electron chi connectivity index (χ3n) is 2.66. The molecule has 0 aliphatic carbocycles. The van der Waals surface area contributed by atoms with Crippen LogP contribution in [0.1, 0.15) is 4.88 Å². The molecule has 2 rings (SSSR count). The van der Waals surface area contributed by atoms with Gasteiger partial charge in [-0.2, -0.15) is 0 Å². The standard InChI is InChI=1S/C14H14ClNO3S/c1-18-12-8-11(13(19-2)7-10(12)15)16-14(17)6-9-4-3-5-20-9/h3-5,7-8H,6H2,1-2H3,(H,16,17). The molecule has 0 aliphatic heterocycles. The van der Waals surface area contributed by atoms with Gasteiger partial charge < -0.3 is 14.8 Å². The van der Waals surface area contributed by atoms with E-state index in [0.29, 0.717) is 28.6 Å². The summed E-state index contributed by atoms with van der Waals surface area (Å²) in [5.41, 5.74) is 0.537. The van der Waals surface area contributed by atoms with Crippen LogP contribution >= 0.6 is 22.9 Å². The topological polar surface area (TPSA) is 47.6 Å². The van der Waals surface area contributed by atoms with E-state index in [1.165, 1.54) is 14.2 Å². The molecule has 0 unspecified atom stereocenters. The van der Waals surface area contributed by atoms with Gasteiger partial charge in [0.1, 0.15) is 11.5 Å². The lowest BCUT2D eigenvalue weighted by atomic mass is 10.2. The number of hydrogen-bond acceptors (Lipinski definition) is 4. The molecule has 1 heterocycles. The first-order valence-electron chi connectivity index (χ1n) is 5.87. The third-order valence-corrected chi connectivity index (χ3v) is 3.83. The van der Waals surface area contributed by atoms with E-state index in [1.54, 1.807) is 23.5 Å². The van der Waals surface area contributed by atoms with Crippen LogP contribution in [-0.2, 0) is 11.2 Å². The molecule has 20 heavy (non-hydrogen) atoms. The van der Waals surface area contributed by atoms with Crippen molar-refractivity contribution in [3.05, 3.63) is 39.5 Å². The van der Waals surface area contributed by atoms with Gasteiger partial charge in [0.05, 0.1) is 31.4 Å². The molecular formula is C14H14ClNO3S. The normalized spacial score (nSPS) is 10.2. The zero-order chi connectivity index (χ0) is 14.5. The van der Waals surface area contributed by atoms with Crippen LogP contribution in [0.25, 0.3) is 0 Å². The molecule has 0 fully saturated rings. The lowest BCUT2D eigenvalue weighted by Gasteiger charge is -2.12. The van der Waals surface area contributed by atoms with Crippen molar-refractivity contribution in [3.8, 4) is 11.5 Å². The molecule has 0 atom stereocenters. The van der Waals surface area contributed by atoms with E-state index >= 15 is 0 Å². The summed E-state index contributed by atoms with van der Waals surface area (Å²) in [6.07, 6.45) is 0.325. The molecule has 1 aromatic heterocycles.